The van der Waals surface area contributed by atoms with Crippen LogP contribution < -0.4 is 4.74 Å². The number of hydrogen-bond acceptors (Lipinski definition) is 5. The fourth-order valence-electron chi connectivity index (χ4n) is 1.71. The molecular weight excluding hydrogens is 282 g/mol. The van der Waals surface area contributed by atoms with Gasteiger partial charge in [-0.25, -0.2) is 4.79 Å². The monoisotopic (exact) mass is 297 g/mol. The first-order valence-corrected chi connectivity index (χ1v) is 5.97. The van der Waals surface area contributed by atoms with E-state index in [2.05, 4.69) is 0 Å². The van der Waals surface area contributed by atoms with Crippen LogP contribution in [0.25, 0.3) is 0 Å². The van der Waals surface area contributed by atoms with Gasteiger partial charge in [-0.15, -0.1) is 0 Å². The second kappa shape index (κ2) is 7.85. The number of benzene rings is 1. The summed E-state index contributed by atoms with van der Waals surface area (Å²) in [5.41, 5.74) is 0.515. The summed E-state index contributed by atoms with van der Waals surface area (Å²) < 4.78 is 5.09. The Morgan fingerprint density at radius 1 is 0.952 bits per heavy atom. The standard InChI is InChI=1S/C13H15NO7/c15-11(16)6-14(7-12(17)18)5-9-3-1-2-4-10(9)21-8-13(19)20/h1-4H,5-8H2,(H,15,16)(H,17,18)(H,19,20). The predicted octanol–water partition coefficient (Wildman–Crippen LogP) is 0.121. The molecule has 0 aromatic heterocycles. The maximum absolute atomic E-state index is 10.7. The second-order valence-corrected chi connectivity index (χ2v) is 4.22. The molecule has 0 saturated carbocycles. The molecule has 0 bridgehead atoms. The zero-order valence-corrected chi connectivity index (χ0v) is 11.1. The summed E-state index contributed by atoms with van der Waals surface area (Å²) in [5.74, 6) is -3.17. The number of carboxylic acids is 3. The molecule has 1 rings (SSSR count). The van der Waals surface area contributed by atoms with E-state index >= 15 is 0 Å². The van der Waals surface area contributed by atoms with Gasteiger partial charge in [0.2, 0.25) is 0 Å². The molecule has 0 aliphatic heterocycles. The Morgan fingerprint density at radius 3 is 2.05 bits per heavy atom. The third-order valence-corrected chi connectivity index (χ3v) is 2.44. The Labute approximate surface area is 120 Å². The van der Waals surface area contributed by atoms with Gasteiger partial charge < -0.3 is 20.1 Å². The van der Waals surface area contributed by atoms with Crippen molar-refractivity contribution in [1.29, 1.82) is 0 Å². The van der Waals surface area contributed by atoms with E-state index < -0.39 is 37.6 Å². The number of carboxylic acid groups (broad SMARTS) is 3. The van der Waals surface area contributed by atoms with E-state index in [0.29, 0.717) is 5.56 Å². The fourth-order valence-corrected chi connectivity index (χ4v) is 1.71. The van der Waals surface area contributed by atoms with Gasteiger partial charge in [-0.05, 0) is 6.07 Å². The number of rotatable bonds is 9. The van der Waals surface area contributed by atoms with E-state index in [1.54, 1.807) is 18.2 Å². The van der Waals surface area contributed by atoms with Crippen LogP contribution in [0, 0.1) is 0 Å². The van der Waals surface area contributed by atoms with Gasteiger partial charge in [0, 0.05) is 12.1 Å². The molecule has 1 aromatic rings. The lowest BCUT2D eigenvalue weighted by Crippen LogP contribution is -2.34. The van der Waals surface area contributed by atoms with Crippen LogP contribution >= 0.6 is 0 Å². The fraction of sp³-hybridized carbons (Fsp3) is 0.308. The van der Waals surface area contributed by atoms with Crippen molar-refractivity contribution in [3.63, 3.8) is 0 Å². The van der Waals surface area contributed by atoms with Gasteiger partial charge in [-0.2, -0.15) is 0 Å². The van der Waals surface area contributed by atoms with Gasteiger partial charge in [-0.1, -0.05) is 18.2 Å². The van der Waals surface area contributed by atoms with Crippen LogP contribution in [0.3, 0.4) is 0 Å². The van der Waals surface area contributed by atoms with E-state index in [-0.39, 0.29) is 12.3 Å². The number of hydrogen-bond donors (Lipinski definition) is 3. The molecule has 3 N–H and O–H groups in total. The first-order chi connectivity index (χ1) is 9.88. The molecule has 0 amide bonds. The molecule has 0 saturated heterocycles. The second-order valence-electron chi connectivity index (χ2n) is 4.22. The minimum absolute atomic E-state index is 0.0222. The van der Waals surface area contributed by atoms with Crippen LogP contribution in [0.4, 0.5) is 0 Å². The number of para-hydroxylation sites is 1. The third kappa shape index (κ3) is 6.39. The van der Waals surface area contributed by atoms with Crippen LogP contribution in [-0.2, 0) is 20.9 Å². The Balaban J connectivity index is 2.84. The molecule has 21 heavy (non-hydrogen) atoms. The van der Waals surface area contributed by atoms with Gasteiger partial charge in [0.15, 0.2) is 6.61 Å². The summed E-state index contributed by atoms with van der Waals surface area (Å²) >= 11 is 0. The smallest absolute Gasteiger partial charge is 0.341 e. The van der Waals surface area contributed by atoms with Crippen LogP contribution in [0.15, 0.2) is 24.3 Å². The first-order valence-electron chi connectivity index (χ1n) is 5.97. The predicted molar refractivity (Wildman–Crippen MR) is 70.1 cm³/mol. The highest BCUT2D eigenvalue weighted by molar-refractivity contribution is 5.72. The molecule has 0 aliphatic carbocycles. The molecule has 0 radical (unpaired) electrons. The quantitative estimate of drug-likeness (QED) is 0.587. The molecule has 114 valence electrons. The van der Waals surface area contributed by atoms with Crippen molar-refractivity contribution in [1.82, 2.24) is 4.90 Å². The summed E-state index contributed by atoms with van der Waals surface area (Å²) in [6.07, 6.45) is 0. The molecule has 8 nitrogen and oxygen atoms in total. The zero-order chi connectivity index (χ0) is 15.8. The lowest BCUT2D eigenvalue weighted by molar-refractivity contribution is -0.142. The van der Waals surface area contributed by atoms with Crippen LogP contribution in [-0.4, -0.2) is 57.8 Å². The third-order valence-electron chi connectivity index (χ3n) is 2.44. The van der Waals surface area contributed by atoms with Crippen molar-refractivity contribution in [3.05, 3.63) is 29.8 Å². The molecule has 0 spiro atoms. The van der Waals surface area contributed by atoms with Gasteiger partial charge in [0.05, 0.1) is 13.1 Å². The Morgan fingerprint density at radius 2 is 1.52 bits per heavy atom. The number of aliphatic carboxylic acids is 3. The number of ether oxygens (including phenoxy) is 1. The van der Waals surface area contributed by atoms with E-state index in [0.717, 1.165) is 0 Å². The largest absolute Gasteiger partial charge is 0.482 e. The summed E-state index contributed by atoms with van der Waals surface area (Å²) in [6.45, 7) is -1.40. The molecule has 0 fully saturated rings. The maximum Gasteiger partial charge on any atom is 0.341 e. The maximum atomic E-state index is 10.7. The molecule has 8 heteroatoms. The average molecular weight is 297 g/mol. The SMILES string of the molecule is O=C(O)COc1ccccc1CN(CC(=O)O)CC(=O)O. The van der Waals surface area contributed by atoms with Crippen LogP contribution in [0.2, 0.25) is 0 Å². The van der Waals surface area contributed by atoms with Crippen molar-refractivity contribution >= 4 is 17.9 Å². The molecule has 1 aromatic carbocycles. The van der Waals surface area contributed by atoms with Gasteiger partial charge in [-0.3, -0.25) is 14.5 Å². The van der Waals surface area contributed by atoms with Crippen molar-refractivity contribution in [2.75, 3.05) is 19.7 Å². The normalized spacial score (nSPS) is 10.3. The van der Waals surface area contributed by atoms with E-state index in [1.807, 2.05) is 0 Å². The average Bonchev–Trinajstić information content (AvgIpc) is 2.36. The van der Waals surface area contributed by atoms with Crippen molar-refractivity contribution in [2.24, 2.45) is 0 Å². The number of nitrogens with zero attached hydrogens (tertiary/aromatic N) is 1. The van der Waals surface area contributed by atoms with Crippen molar-refractivity contribution in [2.45, 2.75) is 6.54 Å². The molecular formula is C13H15NO7. The van der Waals surface area contributed by atoms with Crippen molar-refractivity contribution < 1.29 is 34.4 Å². The zero-order valence-electron chi connectivity index (χ0n) is 11.1. The molecule has 0 heterocycles. The summed E-state index contributed by atoms with van der Waals surface area (Å²) in [6, 6.07) is 6.47. The minimum atomic E-state index is -1.15. The van der Waals surface area contributed by atoms with E-state index in [4.69, 9.17) is 20.1 Å². The highest BCUT2D eigenvalue weighted by Crippen LogP contribution is 2.19. The van der Waals surface area contributed by atoms with Crippen LogP contribution in [0.1, 0.15) is 5.56 Å². The highest BCUT2D eigenvalue weighted by atomic mass is 16.5. The summed E-state index contributed by atoms with van der Waals surface area (Å²) in [7, 11) is 0. The Hall–Kier alpha value is -2.61. The first kappa shape index (κ1) is 16.4. The number of carbonyl (C=O) groups is 3. The molecule has 0 aliphatic rings. The van der Waals surface area contributed by atoms with Crippen LogP contribution in [0.5, 0.6) is 5.75 Å². The Kier molecular flexibility index (Phi) is 6.15. The molecule has 0 atom stereocenters. The Bertz CT molecular complexity index is 513. The lowest BCUT2D eigenvalue weighted by Gasteiger charge is -2.19. The lowest BCUT2D eigenvalue weighted by atomic mass is 10.2. The summed E-state index contributed by atoms with van der Waals surface area (Å²) in [4.78, 5) is 33.2. The van der Waals surface area contributed by atoms with Gasteiger partial charge in [0.25, 0.3) is 0 Å². The van der Waals surface area contributed by atoms with E-state index in [9.17, 15) is 14.4 Å². The molecule has 0 unspecified atom stereocenters. The highest BCUT2D eigenvalue weighted by Gasteiger charge is 2.16. The van der Waals surface area contributed by atoms with E-state index in [1.165, 1.54) is 11.0 Å². The van der Waals surface area contributed by atoms with Crippen molar-refractivity contribution in [3.8, 4) is 5.75 Å². The van der Waals surface area contributed by atoms with Gasteiger partial charge in [0.1, 0.15) is 5.75 Å². The van der Waals surface area contributed by atoms with Gasteiger partial charge >= 0.3 is 17.9 Å². The summed E-state index contributed by atoms with van der Waals surface area (Å²) in [5, 5.41) is 26.1. The topological polar surface area (TPSA) is 124 Å². The minimum Gasteiger partial charge on any atom is -0.482 e.